The van der Waals surface area contributed by atoms with Crippen LogP contribution in [0.2, 0.25) is 10.0 Å². The SMILES string of the molecule is S=c1scc(-c2ccccc2)n1-c1ccc(Cl)c(Cl)c1. The van der Waals surface area contributed by atoms with Crippen LogP contribution in [0.3, 0.4) is 0 Å². The van der Waals surface area contributed by atoms with Crippen molar-refractivity contribution >= 4 is 46.8 Å². The topological polar surface area (TPSA) is 4.93 Å². The van der Waals surface area contributed by atoms with Gasteiger partial charge in [-0.3, -0.25) is 4.57 Å². The van der Waals surface area contributed by atoms with Crippen LogP contribution in [0, 0.1) is 3.95 Å². The van der Waals surface area contributed by atoms with Crippen LogP contribution in [0.15, 0.2) is 53.9 Å². The molecule has 0 bridgehead atoms. The molecule has 20 heavy (non-hydrogen) atoms. The Hall–Kier alpha value is -1.13. The van der Waals surface area contributed by atoms with Crippen molar-refractivity contribution in [3.63, 3.8) is 0 Å². The average molecular weight is 338 g/mol. The van der Waals surface area contributed by atoms with Gasteiger partial charge in [-0.15, -0.1) is 11.3 Å². The molecule has 0 radical (unpaired) electrons. The van der Waals surface area contributed by atoms with Crippen molar-refractivity contribution in [1.29, 1.82) is 0 Å². The van der Waals surface area contributed by atoms with Crippen LogP contribution in [-0.2, 0) is 0 Å². The maximum atomic E-state index is 6.11. The van der Waals surface area contributed by atoms with E-state index in [1.165, 1.54) is 11.3 Å². The van der Waals surface area contributed by atoms with Crippen molar-refractivity contribution in [2.75, 3.05) is 0 Å². The second-order valence-electron chi connectivity index (χ2n) is 4.19. The maximum absolute atomic E-state index is 6.11. The molecule has 0 unspecified atom stereocenters. The molecule has 3 rings (SSSR count). The van der Waals surface area contributed by atoms with E-state index < -0.39 is 0 Å². The normalized spacial score (nSPS) is 10.7. The number of halogens is 2. The number of thiazole rings is 1. The van der Waals surface area contributed by atoms with Crippen molar-refractivity contribution in [3.8, 4) is 16.9 Å². The van der Waals surface area contributed by atoms with Crippen molar-refractivity contribution in [1.82, 2.24) is 4.57 Å². The van der Waals surface area contributed by atoms with Crippen LogP contribution in [0.5, 0.6) is 0 Å². The Morgan fingerprint density at radius 3 is 2.40 bits per heavy atom. The third-order valence-electron chi connectivity index (χ3n) is 2.93. The van der Waals surface area contributed by atoms with Crippen LogP contribution in [-0.4, -0.2) is 4.57 Å². The third-order valence-corrected chi connectivity index (χ3v) is 4.86. The summed E-state index contributed by atoms with van der Waals surface area (Å²) in [5.41, 5.74) is 3.09. The monoisotopic (exact) mass is 337 g/mol. The summed E-state index contributed by atoms with van der Waals surface area (Å²) in [6.45, 7) is 0. The first kappa shape index (κ1) is 13.8. The number of rotatable bonds is 2. The standard InChI is InChI=1S/C15H9Cl2NS2/c16-12-7-6-11(8-13(12)17)18-14(9-20-15(18)19)10-4-2-1-3-5-10/h1-9H. The summed E-state index contributed by atoms with van der Waals surface area (Å²) in [6.07, 6.45) is 0. The fourth-order valence-electron chi connectivity index (χ4n) is 1.98. The lowest BCUT2D eigenvalue weighted by molar-refractivity contribution is 1.08. The van der Waals surface area contributed by atoms with E-state index in [1.54, 1.807) is 6.07 Å². The molecular formula is C15H9Cl2NS2. The van der Waals surface area contributed by atoms with Gasteiger partial charge in [-0.2, -0.15) is 0 Å². The van der Waals surface area contributed by atoms with Gasteiger partial charge in [0.25, 0.3) is 0 Å². The minimum Gasteiger partial charge on any atom is -0.291 e. The zero-order chi connectivity index (χ0) is 14.1. The van der Waals surface area contributed by atoms with Gasteiger partial charge < -0.3 is 0 Å². The Bertz CT molecular complexity index is 806. The largest absolute Gasteiger partial charge is 0.291 e. The summed E-state index contributed by atoms with van der Waals surface area (Å²) in [5, 5.41) is 3.12. The molecule has 0 aliphatic heterocycles. The van der Waals surface area contributed by atoms with Crippen molar-refractivity contribution in [2.24, 2.45) is 0 Å². The van der Waals surface area contributed by atoms with Crippen molar-refractivity contribution < 1.29 is 0 Å². The fraction of sp³-hybridized carbons (Fsp3) is 0. The number of nitrogens with zero attached hydrogens (tertiary/aromatic N) is 1. The van der Waals surface area contributed by atoms with Gasteiger partial charge >= 0.3 is 0 Å². The van der Waals surface area contributed by atoms with Gasteiger partial charge in [0.2, 0.25) is 0 Å². The van der Waals surface area contributed by atoms with Gasteiger partial charge in [0.1, 0.15) is 0 Å². The molecule has 100 valence electrons. The number of benzene rings is 2. The van der Waals surface area contributed by atoms with Gasteiger partial charge in [0.05, 0.1) is 15.7 Å². The molecule has 0 spiro atoms. The fourth-order valence-corrected chi connectivity index (χ4v) is 3.39. The van der Waals surface area contributed by atoms with Crippen LogP contribution in [0.25, 0.3) is 16.9 Å². The minimum atomic E-state index is 0.524. The molecule has 1 heterocycles. The van der Waals surface area contributed by atoms with Crippen LogP contribution in [0.1, 0.15) is 0 Å². The third kappa shape index (κ3) is 2.54. The van der Waals surface area contributed by atoms with Crippen LogP contribution in [0.4, 0.5) is 0 Å². The molecule has 5 heteroatoms. The Morgan fingerprint density at radius 2 is 1.70 bits per heavy atom. The zero-order valence-electron chi connectivity index (χ0n) is 10.2. The Balaban J connectivity index is 2.22. The first-order valence-electron chi connectivity index (χ1n) is 5.88. The summed E-state index contributed by atoms with van der Waals surface area (Å²) in [6, 6.07) is 15.7. The van der Waals surface area contributed by atoms with E-state index in [0.717, 1.165) is 20.9 Å². The first-order valence-corrected chi connectivity index (χ1v) is 7.92. The zero-order valence-corrected chi connectivity index (χ0v) is 13.4. The van der Waals surface area contributed by atoms with Gasteiger partial charge in [0, 0.05) is 11.1 Å². The van der Waals surface area contributed by atoms with E-state index in [4.69, 9.17) is 35.4 Å². The van der Waals surface area contributed by atoms with Gasteiger partial charge in [-0.1, -0.05) is 53.5 Å². The summed E-state index contributed by atoms with van der Waals surface area (Å²) in [7, 11) is 0. The number of aromatic nitrogens is 1. The Kier molecular flexibility index (Phi) is 3.94. The van der Waals surface area contributed by atoms with Gasteiger partial charge in [0.15, 0.2) is 3.95 Å². The van der Waals surface area contributed by atoms with E-state index in [9.17, 15) is 0 Å². The molecule has 0 amide bonds. The summed E-state index contributed by atoms with van der Waals surface area (Å²) < 4.78 is 2.79. The van der Waals surface area contributed by atoms with Crippen molar-refractivity contribution in [2.45, 2.75) is 0 Å². The lowest BCUT2D eigenvalue weighted by Crippen LogP contribution is -1.96. The number of hydrogen-bond donors (Lipinski definition) is 0. The predicted octanol–water partition coefficient (Wildman–Crippen LogP) is 6.24. The quantitative estimate of drug-likeness (QED) is 0.501. The van der Waals surface area contributed by atoms with E-state index in [2.05, 4.69) is 17.5 Å². The van der Waals surface area contributed by atoms with E-state index in [0.29, 0.717) is 10.0 Å². The molecule has 0 atom stereocenters. The molecule has 3 aromatic rings. The number of hydrogen-bond acceptors (Lipinski definition) is 2. The Labute approximate surface area is 136 Å². The van der Waals surface area contributed by atoms with E-state index in [-0.39, 0.29) is 0 Å². The smallest absolute Gasteiger partial charge is 0.166 e. The van der Waals surface area contributed by atoms with Crippen molar-refractivity contribution in [3.05, 3.63) is 67.9 Å². The summed E-state index contributed by atoms with van der Waals surface area (Å²) in [4.78, 5) is 0. The molecule has 0 aliphatic carbocycles. The molecule has 0 N–H and O–H groups in total. The molecule has 0 aliphatic rings. The van der Waals surface area contributed by atoms with Crippen LogP contribution >= 0.6 is 46.8 Å². The highest BCUT2D eigenvalue weighted by molar-refractivity contribution is 7.73. The van der Waals surface area contributed by atoms with Gasteiger partial charge in [-0.05, 0) is 36.0 Å². The molecule has 0 saturated heterocycles. The summed E-state index contributed by atoms with van der Waals surface area (Å²) in [5.74, 6) is 0. The molecule has 2 aromatic carbocycles. The molecule has 1 aromatic heterocycles. The molecule has 1 nitrogen and oxygen atoms in total. The van der Waals surface area contributed by atoms with Gasteiger partial charge in [-0.25, -0.2) is 0 Å². The second-order valence-corrected chi connectivity index (χ2v) is 6.50. The first-order chi connectivity index (χ1) is 9.66. The Morgan fingerprint density at radius 1 is 0.950 bits per heavy atom. The molecular weight excluding hydrogens is 329 g/mol. The maximum Gasteiger partial charge on any atom is 0.166 e. The molecule has 0 saturated carbocycles. The lowest BCUT2D eigenvalue weighted by Gasteiger charge is -2.09. The van der Waals surface area contributed by atoms with Crippen LogP contribution < -0.4 is 0 Å². The second kappa shape index (κ2) is 5.70. The average Bonchev–Trinajstić information content (AvgIpc) is 2.85. The van der Waals surface area contributed by atoms with E-state index in [1.807, 2.05) is 34.9 Å². The highest BCUT2D eigenvalue weighted by Gasteiger charge is 2.10. The molecule has 0 fully saturated rings. The predicted molar refractivity (Wildman–Crippen MR) is 89.9 cm³/mol. The summed E-state index contributed by atoms with van der Waals surface area (Å²) >= 11 is 19.0. The highest BCUT2D eigenvalue weighted by Crippen LogP contribution is 2.30. The van der Waals surface area contributed by atoms with E-state index >= 15 is 0 Å². The highest BCUT2D eigenvalue weighted by atomic mass is 35.5. The minimum absolute atomic E-state index is 0.524. The lowest BCUT2D eigenvalue weighted by atomic mass is 10.1.